The fourth-order valence-corrected chi connectivity index (χ4v) is 1.74. The Morgan fingerprint density at radius 3 is 2.65 bits per heavy atom. The molecule has 1 amide bonds. The van der Waals surface area contributed by atoms with Gasteiger partial charge in [-0.3, -0.25) is 4.79 Å². The topological polar surface area (TPSA) is 49.3 Å². The molecule has 1 aliphatic carbocycles. The van der Waals surface area contributed by atoms with Gasteiger partial charge in [-0.2, -0.15) is 0 Å². The Morgan fingerprint density at radius 1 is 1.25 bits per heavy atom. The molecular weight excluding hydrogens is 264 g/mol. The first-order valence-electron chi connectivity index (χ1n) is 6.06. The van der Waals surface area contributed by atoms with E-state index in [4.69, 9.17) is 5.11 Å². The lowest BCUT2D eigenvalue weighted by molar-refractivity contribution is -0.117. The first-order chi connectivity index (χ1) is 9.58. The molecular formula is C15H13F2NO2. The zero-order chi connectivity index (χ0) is 14.5. The lowest BCUT2D eigenvalue weighted by atomic mass is 10.1. The second-order valence-electron chi connectivity index (χ2n) is 4.28. The van der Waals surface area contributed by atoms with E-state index < -0.39 is 17.4 Å². The van der Waals surface area contributed by atoms with Gasteiger partial charge in [0, 0.05) is 12.1 Å². The number of hydrogen-bond donors (Lipinski definition) is 2. The van der Waals surface area contributed by atoms with Crippen LogP contribution in [0.15, 0.2) is 48.1 Å². The average Bonchev–Trinajstić information content (AvgIpc) is 2.71. The summed E-state index contributed by atoms with van der Waals surface area (Å²) in [5.41, 5.74) is 0.707. The van der Waals surface area contributed by atoms with Crippen molar-refractivity contribution >= 4 is 5.91 Å². The maximum atomic E-state index is 13.1. The number of hydrogen-bond acceptors (Lipinski definition) is 2. The third kappa shape index (κ3) is 3.32. The number of carbonyl (C=O) groups is 1. The number of phenols is 1. The fourth-order valence-electron chi connectivity index (χ4n) is 1.74. The smallest absolute Gasteiger partial charge is 0.251 e. The predicted octanol–water partition coefficient (Wildman–Crippen LogP) is 2.73. The number of phenolic OH excluding ortho intramolecular Hbond substituents is 1. The molecule has 2 N–H and O–H groups in total. The van der Waals surface area contributed by atoms with Crippen molar-refractivity contribution in [1.29, 1.82) is 0 Å². The first-order valence-corrected chi connectivity index (χ1v) is 6.06. The Kier molecular flexibility index (Phi) is 4.30. The number of amides is 1. The summed E-state index contributed by atoms with van der Waals surface area (Å²) < 4.78 is 26.3. The van der Waals surface area contributed by atoms with E-state index in [1.807, 2.05) is 12.2 Å². The summed E-state index contributed by atoms with van der Waals surface area (Å²) in [6.07, 6.45) is 9.62. The van der Waals surface area contributed by atoms with E-state index in [1.54, 1.807) is 18.2 Å². The Bertz CT molecular complexity index is 595. The molecule has 0 atom stereocenters. The van der Waals surface area contributed by atoms with E-state index >= 15 is 0 Å². The van der Waals surface area contributed by atoms with Gasteiger partial charge >= 0.3 is 0 Å². The van der Waals surface area contributed by atoms with Gasteiger partial charge in [0.1, 0.15) is 0 Å². The van der Waals surface area contributed by atoms with Gasteiger partial charge in [-0.25, -0.2) is 8.78 Å². The summed E-state index contributed by atoms with van der Waals surface area (Å²) in [7, 11) is 0. The number of aromatic hydroxyl groups is 1. The molecule has 0 aliphatic heterocycles. The fraction of sp³-hybridized carbons (Fsp3) is 0.133. The Labute approximate surface area is 114 Å². The second-order valence-corrected chi connectivity index (χ2v) is 4.28. The number of nitrogens with one attached hydrogen (secondary N) is 1. The molecule has 2 rings (SSSR count). The molecule has 1 aromatic carbocycles. The summed E-state index contributed by atoms with van der Waals surface area (Å²) in [5, 5.41) is 11.5. The van der Waals surface area contributed by atoms with Crippen LogP contribution in [0.25, 0.3) is 0 Å². The SMILES string of the molecule is O=C(NCc1cc(F)c(O)c(F)c1)C1=CC=CCC=C1. The van der Waals surface area contributed by atoms with Crippen molar-refractivity contribution in [2.24, 2.45) is 0 Å². The molecule has 0 saturated heterocycles. The lowest BCUT2D eigenvalue weighted by Crippen LogP contribution is -2.23. The minimum atomic E-state index is -1.05. The van der Waals surface area contributed by atoms with Crippen LogP contribution in [0.4, 0.5) is 8.78 Å². The van der Waals surface area contributed by atoms with Gasteiger partial charge in [-0.05, 0) is 30.2 Å². The molecule has 0 fully saturated rings. The van der Waals surface area contributed by atoms with Crippen LogP contribution in [0.5, 0.6) is 5.75 Å². The maximum absolute atomic E-state index is 13.1. The molecule has 0 aromatic heterocycles. The molecule has 104 valence electrons. The highest BCUT2D eigenvalue weighted by atomic mass is 19.1. The number of rotatable bonds is 3. The highest BCUT2D eigenvalue weighted by molar-refractivity contribution is 5.96. The van der Waals surface area contributed by atoms with E-state index in [-0.39, 0.29) is 18.0 Å². The van der Waals surface area contributed by atoms with Crippen molar-refractivity contribution < 1.29 is 18.7 Å². The summed E-state index contributed by atoms with van der Waals surface area (Å²) in [6.45, 7) is -0.0259. The van der Waals surface area contributed by atoms with Crippen LogP contribution in [0.2, 0.25) is 0 Å². The predicted molar refractivity (Wildman–Crippen MR) is 70.8 cm³/mol. The first kappa shape index (κ1) is 14.0. The van der Waals surface area contributed by atoms with Gasteiger partial charge in [-0.1, -0.05) is 24.3 Å². The van der Waals surface area contributed by atoms with Crippen LogP contribution >= 0.6 is 0 Å². The van der Waals surface area contributed by atoms with Gasteiger partial charge in [0.2, 0.25) is 0 Å². The van der Waals surface area contributed by atoms with E-state index in [9.17, 15) is 13.6 Å². The van der Waals surface area contributed by atoms with Gasteiger partial charge in [0.25, 0.3) is 5.91 Å². The maximum Gasteiger partial charge on any atom is 0.251 e. The molecule has 1 aromatic rings. The van der Waals surface area contributed by atoms with E-state index in [0.717, 1.165) is 18.6 Å². The van der Waals surface area contributed by atoms with Crippen molar-refractivity contribution in [2.75, 3.05) is 0 Å². The van der Waals surface area contributed by atoms with Crippen LogP contribution in [0.1, 0.15) is 12.0 Å². The molecule has 0 unspecified atom stereocenters. The quantitative estimate of drug-likeness (QED) is 0.892. The van der Waals surface area contributed by atoms with Crippen LogP contribution in [0.3, 0.4) is 0 Å². The molecule has 0 spiro atoms. The minimum absolute atomic E-state index is 0.0259. The van der Waals surface area contributed by atoms with Crippen molar-refractivity contribution in [3.8, 4) is 5.75 Å². The summed E-state index contributed by atoms with van der Waals surface area (Å²) >= 11 is 0. The Morgan fingerprint density at radius 2 is 1.95 bits per heavy atom. The molecule has 1 aliphatic rings. The zero-order valence-electron chi connectivity index (χ0n) is 10.6. The van der Waals surface area contributed by atoms with Crippen molar-refractivity contribution in [2.45, 2.75) is 13.0 Å². The molecule has 0 saturated carbocycles. The number of benzene rings is 1. The van der Waals surface area contributed by atoms with Crippen molar-refractivity contribution in [1.82, 2.24) is 5.32 Å². The number of allylic oxidation sites excluding steroid dienone is 4. The zero-order valence-corrected chi connectivity index (χ0v) is 10.6. The van der Waals surface area contributed by atoms with Crippen LogP contribution in [-0.2, 0) is 11.3 Å². The average molecular weight is 277 g/mol. The third-order valence-electron chi connectivity index (χ3n) is 2.77. The highest BCUT2D eigenvalue weighted by Crippen LogP contribution is 2.21. The Hall–Kier alpha value is -2.43. The molecule has 0 bridgehead atoms. The summed E-state index contributed by atoms with van der Waals surface area (Å²) in [4.78, 5) is 11.9. The van der Waals surface area contributed by atoms with Crippen LogP contribution < -0.4 is 5.32 Å². The second kappa shape index (κ2) is 6.14. The van der Waals surface area contributed by atoms with Gasteiger partial charge < -0.3 is 10.4 Å². The molecule has 0 heterocycles. The number of halogens is 2. The molecule has 0 radical (unpaired) electrons. The van der Waals surface area contributed by atoms with E-state index in [2.05, 4.69) is 5.32 Å². The van der Waals surface area contributed by atoms with Crippen LogP contribution in [0, 0.1) is 11.6 Å². The summed E-state index contributed by atoms with van der Waals surface area (Å²) in [5.74, 6) is -3.45. The normalized spacial score (nSPS) is 13.8. The van der Waals surface area contributed by atoms with Crippen LogP contribution in [-0.4, -0.2) is 11.0 Å². The number of carbonyl (C=O) groups excluding carboxylic acids is 1. The summed E-state index contributed by atoms with van der Waals surface area (Å²) in [6, 6.07) is 1.96. The van der Waals surface area contributed by atoms with E-state index in [0.29, 0.717) is 5.57 Å². The third-order valence-corrected chi connectivity index (χ3v) is 2.77. The monoisotopic (exact) mass is 277 g/mol. The minimum Gasteiger partial charge on any atom is -0.503 e. The molecule has 5 heteroatoms. The van der Waals surface area contributed by atoms with Gasteiger partial charge in [-0.15, -0.1) is 0 Å². The van der Waals surface area contributed by atoms with Gasteiger partial charge in [0.15, 0.2) is 17.4 Å². The molecule has 20 heavy (non-hydrogen) atoms. The molecule has 3 nitrogen and oxygen atoms in total. The van der Waals surface area contributed by atoms with Crippen molar-refractivity contribution in [3.63, 3.8) is 0 Å². The Balaban J connectivity index is 2.04. The van der Waals surface area contributed by atoms with Crippen molar-refractivity contribution in [3.05, 3.63) is 65.3 Å². The standard InChI is InChI=1S/C15H13F2NO2/c16-12-7-10(8-13(17)14(12)19)9-18-15(20)11-5-3-1-2-4-6-11/h1,3-8,19H,2,9H2,(H,18,20). The van der Waals surface area contributed by atoms with E-state index in [1.165, 1.54) is 0 Å². The lowest BCUT2D eigenvalue weighted by Gasteiger charge is -2.07. The largest absolute Gasteiger partial charge is 0.503 e. The van der Waals surface area contributed by atoms with Gasteiger partial charge in [0.05, 0.1) is 0 Å². The highest BCUT2D eigenvalue weighted by Gasteiger charge is 2.11.